The molecule has 0 atom stereocenters. The summed E-state index contributed by atoms with van der Waals surface area (Å²) in [5, 5.41) is 2.93. The fourth-order valence-corrected chi connectivity index (χ4v) is 2.69. The highest BCUT2D eigenvalue weighted by molar-refractivity contribution is 5.95. The van der Waals surface area contributed by atoms with Gasteiger partial charge in [0.25, 0.3) is 5.91 Å². The van der Waals surface area contributed by atoms with Gasteiger partial charge < -0.3 is 10.1 Å². The van der Waals surface area contributed by atoms with Crippen molar-refractivity contribution in [3.05, 3.63) is 83.6 Å². The normalized spacial score (nSPS) is 10.3. The number of methoxy groups -OCH3 is 1. The van der Waals surface area contributed by atoms with E-state index in [4.69, 9.17) is 4.74 Å². The molecule has 0 spiro atoms. The third-order valence-corrected chi connectivity index (χ3v) is 4.03. The Hall–Kier alpha value is -3.14. The molecule has 3 rings (SSSR count). The molecule has 0 radical (unpaired) electrons. The summed E-state index contributed by atoms with van der Waals surface area (Å²) in [4.78, 5) is 17.1. The lowest BCUT2D eigenvalue weighted by atomic mass is 10.1. The lowest BCUT2D eigenvalue weighted by Gasteiger charge is -2.11. The van der Waals surface area contributed by atoms with Gasteiger partial charge in [0.15, 0.2) is 0 Å². The molecule has 4 nitrogen and oxygen atoms in total. The highest BCUT2D eigenvalue weighted by Gasteiger charge is 2.12. The molecular formula is C21H20N2O2. The summed E-state index contributed by atoms with van der Waals surface area (Å²) in [5.41, 5.74) is 4.12. The van der Waals surface area contributed by atoms with Crippen molar-refractivity contribution < 1.29 is 9.53 Å². The van der Waals surface area contributed by atoms with E-state index in [1.54, 1.807) is 7.11 Å². The van der Waals surface area contributed by atoms with Crippen molar-refractivity contribution in [3.8, 4) is 17.0 Å². The van der Waals surface area contributed by atoms with Crippen molar-refractivity contribution in [3.63, 3.8) is 0 Å². The van der Waals surface area contributed by atoms with Gasteiger partial charge in [-0.25, -0.2) is 0 Å². The number of aromatic nitrogens is 1. The maximum atomic E-state index is 12.5. The smallest absolute Gasteiger partial charge is 0.253 e. The van der Waals surface area contributed by atoms with Gasteiger partial charge in [0.2, 0.25) is 0 Å². The largest absolute Gasteiger partial charge is 0.496 e. The first-order valence-electron chi connectivity index (χ1n) is 8.12. The quantitative estimate of drug-likeness (QED) is 0.768. The second kappa shape index (κ2) is 7.62. The number of nitrogens with zero attached hydrogens (tertiary/aromatic N) is 1. The highest BCUT2D eigenvalue weighted by Crippen LogP contribution is 2.19. The molecule has 1 aromatic heterocycles. The Bertz CT molecular complexity index is 876. The Morgan fingerprint density at radius 2 is 1.72 bits per heavy atom. The monoisotopic (exact) mass is 332 g/mol. The van der Waals surface area contributed by atoms with Gasteiger partial charge in [-0.1, -0.05) is 48.5 Å². The van der Waals surface area contributed by atoms with Gasteiger partial charge in [-0.2, -0.15) is 0 Å². The van der Waals surface area contributed by atoms with E-state index in [9.17, 15) is 4.79 Å². The predicted molar refractivity (Wildman–Crippen MR) is 98.6 cm³/mol. The van der Waals surface area contributed by atoms with Crippen LogP contribution in [0.1, 0.15) is 21.6 Å². The average Bonchev–Trinajstić information content (AvgIpc) is 2.67. The number of carbonyl (C=O) groups excluding carboxylic acids is 1. The summed E-state index contributed by atoms with van der Waals surface area (Å²) in [7, 11) is 1.62. The van der Waals surface area contributed by atoms with E-state index in [-0.39, 0.29) is 5.91 Å². The van der Waals surface area contributed by atoms with Crippen LogP contribution in [0.25, 0.3) is 11.3 Å². The van der Waals surface area contributed by atoms with Crippen LogP contribution in [0, 0.1) is 6.92 Å². The van der Waals surface area contributed by atoms with E-state index in [2.05, 4.69) is 10.3 Å². The average molecular weight is 332 g/mol. The molecule has 1 amide bonds. The minimum atomic E-state index is -0.143. The summed E-state index contributed by atoms with van der Waals surface area (Å²) in [6, 6.07) is 21.3. The van der Waals surface area contributed by atoms with Crippen LogP contribution >= 0.6 is 0 Å². The van der Waals surface area contributed by atoms with Crippen LogP contribution in [0.3, 0.4) is 0 Å². The third-order valence-electron chi connectivity index (χ3n) is 4.03. The molecule has 4 heteroatoms. The molecule has 0 saturated heterocycles. The second-order valence-electron chi connectivity index (χ2n) is 5.69. The minimum absolute atomic E-state index is 0.143. The molecular weight excluding hydrogens is 312 g/mol. The Labute approximate surface area is 147 Å². The van der Waals surface area contributed by atoms with Gasteiger partial charge in [-0.05, 0) is 25.1 Å². The number of aryl methyl sites for hydroxylation is 1. The minimum Gasteiger partial charge on any atom is -0.496 e. The number of hydrogen-bond donors (Lipinski definition) is 1. The number of nitrogens with one attached hydrogen (secondary N) is 1. The van der Waals surface area contributed by atoms with Crippen LogP contribution in [-0.4, -0.2) is 18.0 Å². The maximum Gasteiger partial charge on any atom is 0.253 e. The molecule has 1 heterocycles. The SMILES string of the molecule is COc1ccccc1CNC(=O)c1ccc(-c2ccccc2)nc1C. The van der Waals surface area contributed by atoms with Gasteiger partial charge in [0.1, 0.15) is 5.75 Å². The van der Waals surface area contributed by atoms with Crippen molar-refractivity contribution in [2.45, 2.75) is 13.5 Å². The third kappa shape index (κ3) is 3.86. The number of rotatable bonds is 5. The number of ether oxygens (including phenoxy) is 1. The predicted octanol–water partition coefficient (Wildman–Crippen LogP) is 4.00. The van der Waals surface area contributed by atoms with Gasteiger partial charge in [0.05, 0.1) is 24.1 Å². The zero-order chi connectivity index (χ0) is 17.6. The van der Waals surface area contributed by atoms with Crippen LogP contribution in [0.15, 0.2) is 66.7 Å². The molecule has 0 aliphatic carbocycles. The van der Waals surface area contributed by atoms with Crippen LogP contribution in [-0.2, 0) is 6.54 Å². The molecule has 126 valence electrons. The molecule has 3 aromatic rings. The van der Waals surface area contributed by atoms with Crippen LogP contribution in [0.5, 0.6) is 5.75 Å². The topological polar surface area (TPSA) is 51.2 Å². The molecule has 0 aliphatic rings. The zero-order valence-corrected chi connectivity index (χ0v) is 14.3. The van der Waals surface area contributed by atoms with Crippen molar-refractivity contribution in [2.75, 3.05) is 7.11 Å². The fourth-order valence-electron chi connectivity index (χ4n) is 2.69. The van der Waals surface area contributed by atoms with E-state index >= 15 is 0 Å². The first kappa shape index (κ1) is 16.7. The van der Waals surface area contributed by atoms with Crippen LogP contribution < -0.4 is 10.1 Å². The summed E-state index contributed by atoms with van der Waals surface area (Å²) in [6.45, 7) is 2.26. The molecule has 1 N–H and O–H groups in total. The second-order valence-corrected chi connectivity index (χ2v) is 5.69. The number of amides is 1. The maximum absolute atomic E-state index is 12.5. The van der Waals surface area contributed by atoms with Crippen molar-refractivity contribution in [1.29, 1.82) is 0 Å². The molecule has 0 saturated carbocycles. The first-order valence-corrected chi connectivity index (χ1v) is 8.12. The summed E-state index contributed by atoms with van der Waals surface area (Å²) < 4.78 is 5.31. The highest BCUT2D eigenvalue weighted by atomic mass is 16.5. The standard InChI is InChI=1S/C21H20N2O2/c1-15-18(12-13-19(23-15)16-8-4-3-5-9-16)21(24)22-14-17-10-6-7-11-20(17)25-2/h3-13H,14H2,1-2H3,(H,22,24). The van der Waals surface area contributed by atoms with E-state index in [0.29, 0.717) is 17.8 Å². The van der Waals surface area contributed by atoms with Crippen molar-refractivity contribution >= 4 is 5.91 Å². The summed E-state index contributed by atoms with van der Waals surface area (Å²) in [5.74, 6) is 0.618. The van der Waals surface area contributed by atoms with Crippen LogP contribution in [0.2, 0.25) is 0 Å². The van der Waals surface area contributed by atoms with Gasteiger partial charge >= 0.3 is 0 Å². The van der Waals surface area contributed by atoms with Gasteiger partial charge in [0, 0.05) is 17.7 Å². The Kier molecular flexibility index (Phi) is 5.09. The molecule has 0 bridgehead atoms. The number of hydrogen-bond acceptors (Lipinski definition) is 3. The Balaban J connectivity index is 1.74. The zero-order valence-electron chi connectivity index (χ0n) is 14.3. The fraction of sp³-hybridized carbons (Fsp3) is 0.143. The van der Waals surface area contributed by atoms with Gasteiger partial charge in [-0.15, -0.1) is 0 Å². The van der Waals surface area contributed by atoms with E-state index in [1.807, 2.05) is 73.7 Å². The molecule has 25 heavy (non-hydrogen) atoms. The molecule has 0 unspecified atom stereocenters. The number of benzene rings is 2. The lowest BCUT2D eigenvalue weighted by molar-refractivity contribution is 0.0949. The summed E-state index contributed by atoms with van der Waals surface area (Å²) in [6.07, 6.45) is 0. The van der Waals surface area contributed by atoms with E-state index in [1.165, 1.54) is 0 Å². The number of para-hydroxylation sites is 1. The Morgan fingerprint density at radius 1 is 1.00 bits per heavy atom. The van der Waals surface area contributed by atoms with E-state index < -0.39 is 0 Å². The summed E-state index contributed by atoms with van der Waals surface area (Å²) >= 11 is 0. The van der Waals surface area contributed by atoms with Crippen LogP contribution in [0.4, 0.5) is 0 Å². The van der Waals surface area contributed by atoms with Crippen molar-refractivity contribution in [1.82, 2.24) is 10.3 Å². The molecule has 0 aliphatic heterocycles. The van der Waals surface area contributed by atoms with E-state index in [0.717, 1.165) is 22.6 Å². The van der Waals surface area contributed by atoms with Crippen molar-refractivity contribution in [2.24, 2.45) is 0 Å². The lowest BCUT2D eigenvalue weighted by Crippen LogP contribution is -2.24. The number of pyridine rings is 1. The first-order chi connectivity index (χ1) is 12.2. The van der Waals surface area contributed by atoms with Gasteiger partial charge in [-0.3, -0.25) is 9.78 Å². The Morgan fingerprint density at radius 3 is 2.44 bits per heavy atom. The molecule has 2 aromatic carbocycles. The number of carbonyl (C=O) groups is 1. The molecule has 0 fully saturated rings.